The van der Waals surface area contributed by atoms with Crippen LogP contribution in [0.1, 0.15) is 26.7 Å². The fraction of sp³-hybridized carbons (Fsp3) is 0.533. The van der Waals surface area contributed by atoms with Crippen molar-refractivity contribution in [3.05, 3.63) is 24.3 Å². The van der Waals surface area contributed by atoms with Crippen molar-refractivity contribution in [3.63, 3.8) is 0 Å². The zero-order valence-electron chi connectivity index (χ0n) is 11.9. The van der Waals surface area contributed by atoms with Crippen LogP contribution in [0.4, 0.5) is 5.69 Å². The molecule has 0 amide bonds. The number of ether oxygens (including phenoxy) is 3. The van der Waals surface area contributed by atoms with E-state index in [9.17, 15) is 4.79 Å². The molecule has 0 aromatic heterocycles. The summed E-state index contributed by atoms with van der Waals surface area (Å²) in [4.78, 5) is 11.8. The predicted molar refractivity (Wildman–Crippen MR) is 75.5 cm³/mol. The second kappa shape index (κ2) is 6.61. The zero-order chi connectivity index (χ0) is 14.5. The second-order valence-electron chi connectivity index (χ2n) is 5.20. The molecule has 1 aromatic rings. The van der Waals surface area contributed by atoms with E-state index in [4.69, 9.17) is 19.9 Å². The number of hydrogen-bond donors (Lipinski definition) is 1. The first-order valence-electron chi connectivity index (χ1n) is 6.86. The molecule has 2 atom stereocenters. The fourth-order valence-corrected chi connectivity index (χ4v) is 2.37. The molecule has 5 nitrogen and oxygen atoms in total. The van der Waals surface area contributed by atoms with E-state index in [0.717, 1.165) is 12.8 Å². The Morgan fingerprint density at radius 2 is 1.85 bits per heavy atom. The van der Waals surface area contributed by atoms with Crippen LogP contribution in [0.3, 0.4) is 0 Å². The van der Waals surface area contributed by atoms with Crippen LogP contribution in [0.5, 0.6) is 5.75 Å². The fourth-order valence-electron chi connectivity index (χ4n) is 2.37. The second-order valence-corrected chi connectivity index (χ2v) is 5.20. The highest BCUT2D eigenvalue weighted by atomic mass is 16.6. The molecule has 1 saturated heterocycles. The standard InChI is InChI=1S/C15H21NO4/c1-10-7-14(8-11(2)19-10)20-15(17)9-18-13-5-3-12(16)4-6-13/h3-6,10-11,14H,7-9,16H2,1-2H3. The van der Waals surface area contributed by atoms with Crippen LogP contribution in [0.2, 0.25) is 0 Å². The number of benzene rings is 1. The van der Waals surface area contributed by atoms with Gasteiger partial charge < -0.3 is 19.9 Å². The molecule has 0 aliphatic carbocycles. The molecule has 1 aliphatic heterocycles. The van der Waals surface area contributed by atoms with Gasteiger partial charge in [0.05, 0.1) is 12.2 Å². The van der Waals surface area contributed by atoms with Gasteiger partial charge in [-0.25, -0.2) is 4.79 Å². The molecular formula is C15H21NO4. The normalized spacial score (nSPS) is 26.0. The van der Waals surface area contributed by atoms with Crippen molar-refractivity contribution in [1.29, 1.82) is 0 Å². The minimum Gasteiger partial charge on any atom is -0.482 e. The van der Waals surface area contributed by atoms with Crippen molar-refractivity contribution in [1.82, 2.24) is 0 Å². The maximum atomic E-state index is 11.8. The average Bonchev–Trinajstić information content (AvgIpc) is 2.37. The lowest BCUT2D eigenvalue weighted by Gasteiger charge is -2.31. The molecule has 1 fully saturated rings. The van der Waals surface area contributed by atoms with Gasteiger partial charge in [0, 0.05) is 18.5 Å². The third kappa shape index (κ3) is 4.42. The van der Waals surface area contributed by atoms with Crippen LogP contribution < -0.4 is 10.5 Å². The van der Waals surface area contributed by atoms with E-state index in [1.54, 1.807) is 24.3 Å². The Morgan fingerprint density at radius 3 is 2.45 bits per heavy atom. The summed E-state index contributed by atoms with van der Waals surface area (Å²) in [6, 6.07) is 6.90. The van der Waals surface area contributed by atoms with Gasteiger partial charge in [0.1, 0.15) is 11.9 Å². The lowest BCUT2D eigenvalue weighted by molar-refractivity contribution is -0.161. The van der Waals surface area contributed by atoms with Gasteiger partial charge in [-0.1, -0.05) is 0 Å². The number of nitrogens with two attached hydrogens (primary N) is 1. The Bertz CT molecular complexity index is 436. The van der Waals surface area contributed by atoms with E-state index >= 15 is 0 Å². The first-order valence-corrected chi connectivity index (χ1v) is 6.86. The van der Waals surface area contributed by atoms with Gasteiger partial charge >= 0.3 is 5.97 Å². The van der Waals surface area contributed by atoms with E-state index < -0.39 is 0 Å². The predicted octanol–water partition coefficient (Wildman–Crippen LogP) is 2.15. The molecule has 5 heteroatoms. The van der Waals surface area contributed by atoms with E-state index in [2.05, 4.69) is 0 Å². The molecule has 0 spiro atoms. The van der Waals surface area contributed by atoms with Crippen molar-refractivity contribution in [2.45, 2.75) is 45.0 Å². The number of nitrogen functional groups attached to an aromatic ring is 1. The molecule has 110 valence electrons. The lowest BCUT2D eigenvalue weighted by atomic mass is 10.0. The molecule has 20 heavy (non-hydrogen) atoms. The summed E-state index contributed by atoms with van der Waals surface area (Å²) in [5.74, 6) is 0.248. The first kappa shape index (κ1) is 14.7. The van der Waals surface area contributed by atoms with Crippen molar-refractivity contribution < 1.29 is 19.0 Å². The van der Waals surface area contributed by atoms with E-state index in [0.29, 0.717) is 11.4 Å². The Hall–Kier alpha value is -1.75. The Morgan fingerprint density at radius 1 is 1.25 bits per heavy atom. The van der Waals surface area contributed by atoms with E-state index in [1.165, 1.54) is 0 Å². The van der Waals surface area contributed by atoms with Crippen molar-refractivity contribution >= 4 is 11.7 Å². The van der Waals surface area contributed by atoms with Gasteiger partial charge in [-0.2, -0.15) is 0 Å². The SMILES string of the molecule is CC1CC(OC(=O)COc2ccc(N)cc2)CC(C)O1. The van der Waals surface area contributed by atoms with Crippen molar-refractivity contribution in [2.75, 3.05) is 12.3 Å². The Kier molecular flexibility index (Phi) is 4.84. The molecule has 0 bridgehead atoms. The number of carbonyl (C=O) groups excluding carboxylic acids is 1. The van der Waals surface area contributed by atoms with E-state index in [-0.39, 0.29) is 30.9 Å². The van der Waals surface area contributed by atoms with Gasteiger partial charge in [0.25, 0.3) is 0 Å². The van der Waals surface area contributed by atoms with Crippen LogP contribution in [-0.4, -0.2) is 30.9 Å². The number of hydrogen-bond acceptors (Lipinski definition) is 5. The summed E-state index contributed by atoms with van der Waals surface area (Å²) in [5, 5.41) is 0. The monoisotopic (exact) mass is 279 g/mol. The maximum absolute atomic E-state index is 11.8. The van der Waals surface area contributed by atoms with Crippen LogP contribution in [-0.2, 0) is 14.3 Å². The zero-order valence-corrected chi connectivity index (χ0v) is 11.9. The quantitative estimate of drug-likeness (QED) is 0.675. The first-order chi connectivity index (χ1) is 9.52. The summed E-state index contributed by atoms with van der Waals surface area (Å²) in [5.41, 5.74) is 6.23. The van der Waals surface area contributed by atoms with E-state index in [1.807, 2.05) is 13.8 Å². The largest absolute Gasteiger partial charge is 0.482 e. The Balaban J connectivity index is 1.76. The molecule has 2 N–H and O–H groups in total. The smallest absolute Gasteiger partial charge is 0.344 e. The molecule has 2 unspecified atom stereocenters. The van der Waals surface area contributed by atoms with Crippen LogP contribution in [0.15, 0.2) is 24.3 Å². The number of rotatable bonds is 4. The minimum atomic E-state index is -0.354. The molecule has 1 heterocycles. The average molecular weight is 279 g/mol. The molecule has 2 rings (SSSR count). The number of anilines is 1. The molecular weight excluding hydrogens is 258 g/mol. The third-order valence-electron chi connectivity index (χ3n) is 3.19. The highest BCUT2D eigenvalue weighted by molar-refractivity contribution is 5.71. The summed E-state index contributed by atoms with van der Waals surface area (Å²) in [6.45, 7) is 3.88. The molecule has 1 aliphatic rings. The summed E-state index contributed by atoms with van der Waals surface area (Å²) in [6.07, 6.45) is 1.62. The highest BCUT2D eigenvalue weighted by Gasteiger charge is 2.27. The Labute approximate surface area is 119 Å². The van der Waals surface area contributed by atoms with Gasteiger partial charge in [-0.3, -0.25) is 0 Å². The van der Waals surface area contributed by atoms with Crippen LogP contribution in [0.25, 0.3) is 0 Å². The topological polar surface area (TPSA) is 70.8 Å². The number of esters is 1. The van der Waals surface area contributed by atoms with Crippen LogP contribution >= 0.6 is 0 Å². The van der Waals surface area contributed by atoms with Gasteiger partial charge in [-0.15, -0.1) is 0 Å². The highest BCUT2D eigenvalue weighted by Crippen LogP contribution is 2.21. The molecule has 0 radical (unpaired) electrons. The number of carbonyl (C=O) groups is 1. The minimum absolute atomic E-state index is 0.0868. The van der Waals surface area contributed by atoms with Gasteiger partial charge in [0.2, 0.25) is 0 Å². The lowest BCUT2D eigenvalue weighted by Crippen LogP contribution is -2.36. The van der Waals surface area contributed by atoms with Crippen molar-refractivity contribution in [2.24, 2.45) is 0 Å². The third-order valence-corrected chi connectivity index (χ3v) is 3.19. The molecule has 1 aromatic carbocycles. The molecule has 0 saturated carbocycles. The van der Waals surface area contributed by atoms with Gasteiger partial charge in [0.15, 0.2) is 6.61 Å². The summed E-state index contributed by atoms with van der Waals surface area (Å²) < 4.78 is 16.4. The maximum Gasteiger partial charge on any atom is 0.344 e. The summed E-state index contributed by atoms with van der Waals surface area (Å²) >= 11 is 0. The van der Waals surface area contributed by atoms with Gasteiger partial charge in [-0.05, 0) is 38.1 Å². The van der Waals surface area contributed by atoms with Crippen molar-refractivity contribution in [3.8, 4) is 5.75 Å². The van der Waals surface area contributed by atoms with Crippen LogP contribution in [0, 0.1) is 0 Å². The summed E-state index contributed by atoms with van der Waals surface area (Å²) in [7, 11) is 0.